The number of benzene rings is 1. The van der Waals surface area contributed by atoms with Gasteiger partial charge in [-0.25, -0.2) is 4.79 Å². The number of aromatic nitrogens is 1. The third-order valence-electron chi connectivity index (χ3n) is 2.76. The second-order valence-electron chi connectivity index (χ2n) is 3.90. The molecule has 0 atom stereocenters. The number of aryl methyl sites for hydroxylation is 2. The van der Waals surface area contributed by atoms with E-state index in [0.717, 1.165) is 14.5 Å². The molecule has 5 heteroatoms. The first kappa shape index (κ1) is 12.1. The van der Waals surface area contributed by atoms with Gasteiger partial charge in [0.05, 0.1) is 5.52 Å². The molecule has 0 spiro atoms. The normalized spacial score (nSPS) is 10.8. The summed E-state index contributed by atoms with van der Waals surface area (Å²) in [5, 5.41) is 9.81. The van der Waals surface area contributed by atoms with Crippen LogP contribution in [0.4, 0.5) is 0 Å². The van der Waals surface area contributed by atoms with E-state index in [4.69, 9.17) is 5.11 Å². The molecule has 0 bridgehead atoms. The highest BCUT2D eigenvalue weighted by Crippen LogP contribution is 2.23. The lowest BCUT2D eigenvalue weighted by atomic mass is 10.0. The molecule has 2 rings (SSSR count). The van der Waals surface area contributed by atoms with E-state index in [1.165, 1.54) is 0 Å². The molecule has 17 heavy (non-hydrogen) atoms. The maximum Gasteiger partial charge on any atom is 0.341 e. The highest BCUT2D eigenvalue weighted by Gasteiger charge is 2.16. The molecule has 0 saturated carbocycles. The number of halogens is 1. The predicted molar refractivity (Wildman–Crippen MR) is 73.7 cm³/mol. The molecule has 88 valence electrons. The number of aromatic amines is 1. The van der Waals surface area contributed by atoms with Crippen LogP contribution in [0, 0.1) is 17.4 Å². The standard InChI is InChI=1S/C12H10INO3/c1-5-3-7(13)4-8-6(2)9(12(16)17)11(15)14-10(5)8/h3-4H,1-2H3,(H,14,15)(H,16,17). The molecule has 1 aromatic heterocycles. The van der Waals surface area contributed by atoms with Crippen LogP contribution in [0.1, 0.15) is 21.5 Å². The third-order valence-corrected chi connectivity index (χ3v) is 3.38. The number of carbonyl (C=O) groups is 1. The van der Waals surface area contributed by atoms with Gasteiger partial charge in [-0.05, 0) is 59.7 Å². The van der Waals surface area contributed by atoms with Gasteiger partial charge in [-0.3, -0.25) is 4.79 Å². The lowest BCUT2D eigenvalue weighted by Crippen LogP contribution is -2.20. The van der Waals surface area contributed by atoms with Gasteiger partial charge in [-0.1, -0.05) is 0 Å². The van der Waals surface area contributed by atoms with E-state index in [1.807, 2.05) is 19.1 Å². The first-order chi connectivity index (χ1) is 7.91. The molecule has 0 aliphatic rings. The monoisotopic (exact) mass is 343 g/mol. The van der Waals surface area contributed by atoms with Crippen molar-refractivity contribution in [1.82, 2.24) is 4.98 Å². The van der Waals surface area contributed by atoms with Crippen molar-refractivity contribution in [3.8, 4) is 0 Å². The fraction of sp³-hybridized carbons (Fsp3) is 0.167. The Kier molecular flexibility index (Phi) is 2.94. The van der Waals surface area contributed by atoms with Crippen LogP contribution in [0.2, 0.25) is 0 Å². The molecule has 2 aromatic rings. The highest BCUT2D eigenvalue weighted by atomic mass is 127. The van der Waals surface area contributed by atoms with E-state index >= 15 is 0 Å². The van der Waals surface area contributed by atoms with E-state index in [-0.39, 0.29) is 5.56 Å². The number of fused-ring (bicyclic) bond motifs is 1. The van der Waals surface area contributed by atoms with E-state index < -0.39 is 11.5 Å². The highest BCUT2D eigenvalue weighted by molar-refractivity contribution is 14.1. The maximum atomic E-state index is 11.7. The Morgan fingerprint density at radius 2 is 2.00 bits per heavy atom. The fourth-order valence-electron chi connectivity index (χ4n) is 1.94. The van der Waals surface area contributed by atoms with Gasteiger partial charge in [0, 0.05) is 8.96 Å². The van der Waals surface area contributed by atoms with Crippen molar-refractivity contribution < 1.29 is 9.90 Å². The Morgan fingerprint density at radius 3 is 2.59 bits per heavy atom. The molecule has 0 aliphatic carbocycles. The number of nitrogens with one attached hydrogen (secondary N) is 1. The van der Waals surface area contributed by atoms with E-state index in [9.17, 15) is 9.59 Å². The van der Waals surface area contributed by atoms with Crippen LogP contribution in [-0.4, -0.2) is 16.1 Å². The summed E-state index contributed by atoms with van der Waals surface area (Å²) in [4.78, 5) is 25.4. The number of rotatable bonds is 1. The van der Waals surface area contributed by atoms with Crippen LogP contribution in [0.15, 0.2) is 16.9 Å². The maximum absolute atomic E-state index is 11.7. The summed E-state index contributed by atoms with van der Waals surface area (Å²) in [7, 11) is 0. The summed E-state index contributed by atoms with van der Waals surface area (Å²) in [6, 6.07) is 3.82. The summed E-state index contributed by atoms with van der Waals surface area (Å²) in [5.74, 6) is -1.19. The minimum atomic E-state index is -1.19. The second-order valence-corrected chi connectivity index (χ2v) is 5.15. The van der Waals surface area contributed by atoms with Crippen LogP contribution >= 0.6 is 22.6 Å². The first-order valence-electron chi connectivity index (χ1n) is 4.98. The van der Waals surface area contributed by atoms with Crippen molar-refractivity contribution in [2.24, 2.45) is 0 Å². The van der Waals surface area contributed by atoms with Gasteiger partial charge in [0.25, 0.3) is 5.56 Å². The van der Waals surface area contributed by atoms with Crippen molar-refractivity contribution >= 4 is 39.5 Å². The van der Waals surface area contributed by atoms with Crippen LogP contribution in [0.3, 0.4) is 0 Å². The van der Waals surface area contributed by atoms with E-state index in [1.54, 1.807) is 6.92 Å². The zero-order valence-corrected chi connectivity index (χ0v) is 11.5. The molecule has 0 saturated heterocycles. The second kappa shape index (κ2) is 4.14. The summed E-state index contributed by atoms with van der Waals surface area (Å²) in [6.45, 7) is 3.55. The minimum Gasteiger partial charge on any atom is -0.477 e. The summed E-state index contributed by atoms with van der Waals surface area (Å²) >= 11 is 2.17. The van der Waals surface area contributed by atoms with Gasteiger partial charge >= 0.3 is 5.97 Å². The topological polar surface area (TPSA) is 70.2 Å². The average molecular weight is 343 g/mol. The van der Waals surface area contributed by atoms with Crippen molar-refractivity contribution in [1.29, 1.82) is 0 Å². The smallest absolute Gasteiger partial charge is 0.341 e. The number of carboxylic acid groups (broad SMARTS) is 1. The number of aromatic carboxylic acids is 1. The van der Waals surface area contributed by atoms with Crippen LogP contribution in [0.25, 0.3) is 10.9 Å². The lowest BCUT2D eigenvalue weighted by molar-refractivity contribution is 0.0694. The molecule has 0 unspecified atom stereocenters. The van der Waals surface area contributed by atoms with E-state index in [2.05, 4.69) is 27.6 Å². The van der Waals surface area contributed by atoms with Gasteiger partial charge in [0.1, 0.15) is 5.56 Å². The Bertz CT molecular complexity index is 688. The van der Waals surface area contributed by atoms with Crippen molar-refractivity contribution in [3.05, 3.63) is 42.7 Å². The Morgan fingerprint density at radius 1 is 1.35 bits per heavy atom. The summed E-state index contributed by atoms with van der Waals surface area (Å²) in [5.41, 5.74) is 1.42. The third kappa shape index (κ3) is 1.95. The lowest BCUT2D eigenvalue weighted by Gasteiger charge is -2.08. The molecule has 4 nitrogen and oxygen atoms in total. The van der Waals surface area contributed by atoms with E-state index in [0.29, 0.717) is 11.1 Å². The molecule has 0 fully saturated rings. The molecule has 0 amide bonds. The summed E-state index contributed by atoms with van der Waals surface area (Å²) < 4.78 is 1.01. The summed E-state index contributed by atoms with van der Waals surface area (Å²) in [6.07, 6.45) is 0. The minimum absolute atomic E-state index is 0.182. The molecule has 1 heterocycles. The quantitative estimate of drug-likeness (QED) is 0.782. The molecule has 0 radical (unpaired) electrons. The number of carboxylic acids is 1. The number of hydrogen-bond donors (Lipinski definition) is 2. The Balaban J connectivity index is 3.02. The van der Waals surface area contributed by atoms with Crippen molar-refractivity contribution in [3.63, 3.8) is 0 Å². The number of H-pyrrole nitrogens is 1. The molecular formula is C12H10INO3. The van der Waals surface area contributed by atoms with Gasteiger partial charge in [-0.2, -0.15) is 0 Å². The SMILES string of the molecule is Cc1c(C(=O)O)c(=O)[nH]c2c(C)cc(I)cc12. The average Bonchev–Trinajstić information content (AvgIpc) is 2.19. The zero-order valence-electron chi connectivity index (χ0n) is 9.30. The zero-order chi connectivity index (χ0) is 12.7. The van der Waals surface area contributed by atoms with Crippen molar-refractivity contribution in [2.75, 3.05) is 0 Å². The van der Waals surface area contributed by atoms with Gasteiger partial charge < -0.3 is 10.1 Å². The predicted octanol–water partition coefficient (Wildman–Crippen LogP) is 2.45. The first-order valence-corrected chi connectivity index (χ1v) is 6.05. The van der Waals surface area contributed by atoms with Gasteiger partial charge in [0.2, 0.25) is 0 Å². The molecule has 0 aliphatic heterocycles. The van der Waals surface area contributed by atoms with Crippen molar-refractivity contribution in [2.45, 2.75) is 13.8 Å². The Labute approximate surface area is 111 Å². The van der Waals surface area contributed by atoms with Crippen LogP contribution in [-0.2, 0) is 0 Å². The van der Waals surface area contributed by atoms with Gasteiger partial charge in [-0.15, -0.1) is 0 Å². The molecule has 1 aromatic carbocycles. The number of pyridine rings is 1. The fourth-order valence-corrected chi connectivity index (χ4v) is 2.72. The van der Waals surface area contributed by atoms with Gasteiger partial charge in [0.15, 0.2) is 0 Å². The Hall–Kier alpha value is -1.37. The molecular weight excluding hydrogens is 333 g/mol. The largest absolute Gasteiger partial charge is 0.477 e. The van der Waals surface area contributed by atoms with Crippen LogP contribution < -0.4 is 5.56 Å². The number of hydrogen-bond acceptors (Lipinski definition) is 2. The molecule has 2 N–H and O–H groups in total. The van der Waals surface area contributed by atoms with Crippen LogP contribution in [0.5, 0.6) is 0 Å².